The standard InChI is InChI=1S/C31H28O11/c1-37-19-9-8-15-18-13-39-24-16-10-11-31(29(34)23(33)22(32)28(42-31)30(35)36)41-20(16)12-17(14-6-4-3-5-7-14)21(24)25(18)40-26(15)27(19)38-2/h3-12,18,22-23,25,28-29,32-34H,13H2,1-2H3,(H,35,36)/t18-,22-,23-,25+,28-,29+,31+/m0/s1. The van der Waals surface area contributed by atoms with E-state index in [-0.39, 0.29) is 18.3 Å². The van der Waals surface area contributed by atoms with E-state index in [1.165, 1.54) is 6.08 Å². The number of aliphatic carboxylic acids is 1. The second kappa shape index (κ2) is 9.63. The number of carboxylic acid groups (broad SMARTS) is 1. The molecule has 11 heteroatoms. The molecule has 3 aromatic carbocycles. The minimum Gasteiger partial charge on any atom is -0.493 e. The lowest BCUT2D eigenvalue weighted by atomic mass is 9.82. The number of aliphatic hydroxyl groups is 3. The molecule has 7 atom stereocenters. The maximum Gasteiger partial charge on any atom is 0.335 e. The molecule has 1 saturated heterocycles. The smallest absolute Gasteiger partial charge is 0.335 e. The number of hydrogen-bond acceptors (Lipinski definition) is 10. The fourth-order valence-electron chi connectivity index (χ4n) is 6.28. The van der Waals surface area contributed by atoms with E-state index < -0.39 is 42.3 Å². The van der Waals surface area contributed by atoms with Gasteiger partial charge in [0.1, 0.15) is 29.8 Å². The van der Waals surface area contributed by atoms with Gasteiger partial charge in [0.05, 0.1) is 32.3 Å². The number of aliphatic hydroxyl groups excluding tert-OH is 3. The molecule has 3 aromatic rings. The maximum atomic E-state index is 11.8. The van der Waals surface area contributed by atoms with Crippen molar-refractivity contribution in [3.05, 3.63) is 71.3 Å². The zero-order chi connectivity index (χ0) is 29.3. The van der Waals surface area contributed by atoms with Gasteiger partial charge in [-0.2, -0.15) is 0 Å². The first-order valence-electron chi connectivity index (χ1n) is 13.4. The third-order valence-electron chi connectivity index (χ3n) is 8.34. The molecule has 0 radical (unpaired) electrons. The summed E-state index contributed by atoms with van der Waals surface area (Å²) in [5, 5.41) is 41.2. The summed E-state index contributed by atoms with van der Waals surface area (Å²) < 4.78 is 36.0. The number of hydrogen-bond donors (Lipinski definition) is 4. The number of ether oxygens (including phenoxy) is 6. The lowest BCUT2D eigenvalue weighted by Gasteiger charge is -2.47. The van der Waals surface area contributed by atoms with Crippen LogP contribution in [0.25, 0.3) is 17.2 Å². The van der Waals surface area contributed by atoms with E-state index in [0.717, 1.165) is 22.3 Å². The predicted molar refractivity (Wildman–Crippen MR) is 146 cm³/mol. The van der Waals surface area contributed by atoms with Crippen molar-refractivity contribution in [2.24, 2.45) is 0 Å². The Bertz CT molecular complexity index is 1600. The fourth-order valence-corrected chi connectivity index (χ4v) is 6.28. The molecular weight excluding hydrogens is 548 g/mol. The van der Waals surface area contributed by atoms with Crippen LogP contribution in [0.3, 0.4) is 0 Å². The van der Waals surface area contributed by atoms with Crippen molar-refractivity contribution >= 4 is 12.0 Å². The van der Waals surface area contributed by atoms with Crippen LogP contribution in [0.4, 0.5) is 0 Å². The monoisotopic (exact) mass is 576 g/mol. The molecule has 0 amide bonds. The van der Waals surface area contributed by atoms with Gasteiger partial charge in [-0.3, -0.25) is 0 Å². The molecule has 0 bridgehead atoms. The molecule has 4 N–H and O–H groups in total. The van der Waals surface area contributed by atoms with Crippen LogP contribution in [0.1, 0.15) is 28.7 Å². The third-order valence-corrected chi connectivity index (χ3v) is 8.34. The summed E-state index contributed by atoms with van der Waals surface area (Å²) in [6.45, 7) is 0.287. The Balaban J connectivity index is 1.38. The highest BCUT2D eigenvalue weighted by atomic mass is 16.7. The van der Waals surface area contributed by atoms with E-state index in [9.17, 15) is 25.2 Å². The molecule has 218 valence electrons. The van der Waals surface area contributed by atoms with Crippen LogP contribution in [0.2, 0.25) is 0 Å². The summed E-state index contributed by atoms with van der Waals surface area (Å²) in [7, 11) is 3.12. The minimum absolute atomic E-state index is 0.149. The van der Waals surface area contributed by atoms with Gasteiger partial charge in [-0.1, -0.05) is 36.4 Å². The van der Waals surface area contributed by atoms with Crippen LogP contribution in [0, 0.1) is 0 Å². The van der Waals surface area contributed by atoms with Gasteiger partial charge in [-0.25, -0.2) is 4.79 Å². The Kier molecular flexibility index (Phi) is 6.10. The first-order valence-corrected chi connectivity index (χ1v) is 13.4. The Morgan fingerprint density at radius 2 is 1.79 bits per heavy atom. The summed E-state index contributed by atoms with van der Waals surface area (Å²) in [6, 6.07) is 15.1. The van der Waals surface area contributed by atoms with Crippen LogP contribution in [-0.4, -0.2) is 77.4 Å². The number of benzene rings is 3. The Morgan fingerprint density at radius 1 is 1.00 bits per heavy atom. The molecule has 1 spiro atoms. The van der Waals surface area contributed by atoms with Gasteiger partial charge >= 0.3 is 5.97 Å². The van der Waals surface area contributed by atoms with E-state index in [0.29, 0.717) is 28.6 Å². The zero-order valence-electron chi connectivity index (χ0n) is 22.6. The molecule has 42 heavy (non-hydrogen) atoms. The largest absolute Gasteiger partial charge is 0.493 e. The van der Waals surface area contributed by atoms with Gasteiger partial charge in [0.15, 0.2) is 23.7 Å². The summed E-state index contributed by atoms with van der Waals surface area (Å²) in [5.41, 5.74) is 3.80. The fraction of sp³-hybridized carbons (Fsp3) is 0.323. The summed E-state index contributed by atoms with van der Waals surface area (Å²) in [6.07, 6.45) is -4.83. The first-order chi connectivity index (χ1) is 20.3. The van der Waals surface area contributed by atoms with E-state index >= 15 is 0 Å². The van der Waals surface area contributed by atoms with Crippen LogP contribution in [-0.2, 0) is 9.53 Å². The minimum atomic E-state index is -2.07. The highest BCUT2D eigenvalue weighted by Crippen LogP contribution is 2.60. The molecule has 0 unspecified atom stereocenters. The van der Waals surface area contributed by atoms with Gasteiger partial charge in [0.25, 0.3) is 5.79 Å². The SMILES string of the molecule is COc1ccc2c(c1OC)O[C@H]1c3c(-c4ccccc4)cc4c(c3OC[C@@H]21)C=C[C@@]1(O4)O[C@H](C(=O)O)[C@@H](O)[C@H](O)[C@H]1O. The van der Waals surface area contributed by atoms with Crippen molar-refractivity contribution in [2.75, 3.05) is 20.8 Å². The topological polar surface area (TPSA) is 153 Å². The highest BCUT2D eigenvalue weighted by molar-refractivity contribution is 5.82. The van der Waals surface area contributed by atoms with Gasteiger partial charge < -0.3 is 48.8 Å². The summed E-state index contributed by atoms with van der Waals surface area (Å²) in [5.74, 6) is -1.38. The Morgan fingerprint density at radius 3 is 2.50 bits per heavy atom. The molecule has 0 aromatic heterocycles. The van der Waals surface area contributed by atoms with Gasteiger partial charge in [0.2, 0.25) is 5.75 Å². The summed E-state index contributed by atoms with van der Waals surface area (Å²) >= 11 is 0. The maximum absolute atomic E-state index is 11.8. The average molecular weight is 577 g/mol. The van der Waals surface area contributed by atoms with Gasteiger partial charge in [-0.15, -0.1) is 0 Å². The quantitative estimate of drug-likeness (QED) is 0.363. The van der Waals surface area contributed by atoms with Crippen LogP contribution in [0.5, 0.6) is 28.7 Å². The number of carboxylic acids is 1. The van der Waals surface area contributed by atoms with Crippen molar-refractivity contribution in [3.63, 3.8) is 0 Å². The van der Waals surface area contributed by atoms with E-state index in [1.807, 2.05) is 42.5 Å². The van der Waals surface area contributed by atoms with E-state index in [4.69, 9.17) is 28.4 Å². The predicted octanol–water partition coefficient (Wildman–Crippen LogP) is 2.65. The lowest BCUT2D eigenvalue weighted by molar-refractivity contribution is -0.309. The van der Waals surface area contributed by atoms with Crippen molar-refractivity contribution in [3.8, 4) is 39.9 Å². The number of rotatable bonds is 4. The molecular formula is C31H28O11. The Labute approximate surface area is 240 Å². The molecule has 1 fully saturated rings. The molecule has 4 heterocycles. The summed E-state index contributed by atoms with van der Waals surface area (Å²) in [4.78, 5) is 11.8. The highest BCUT2D eigenvalue weighted by Gasteiger charge is 2.58. The number of fused-ring (bicyclic) bond motifs is 7. The molecule has 0 saturated carbocycles. The third kappa shape index (κ3) is 3.71. The van der Waals surface area contributed by atoms with Crippen molar-refractivity contribution in [1.82, 2.24) is 0 Å². The first kappa shape index (κ1) is 26.6. The van der Waals surface area contributed by atoms with E-state index in [2.05, 4.69) is 0 Å². The van der Waals surface area contributed by atoms with Crippen LogP contribution < -0.4 is 23.7 Å². The molecule has 4 aliphatic heterocycles. The second-order valence-corrected chi connectivity index (χ2v) is 10.6. The average Bonchev–Trinajstić information content (AvgIpc) is 3.40. The van der Waals surface area contributed by atoms with Crippen molar-refractivity contribution in [1.29, 1.82) is 0 Å². The normalized spacial score (nSPS) is 30.1. The zero-order valence-corrected chi connectivity index (χ0v) is 22.6. The van der Waals surface area contributed by atoms with Crippen LogP contribution in [0.15, 0.2) is 54.6 Å². The van der Waals surface area contributed by atoms with Crippen LogP contribution >= 0.6 is 0 Å². The molecule has 11 nitrogen and oxygen atoms in total. The molecule has 4 aliphatic rings. The van der Waals surface area contributed by atoms with Gasteiger partial charge in [0, 0.05) is 11.1 Å². The second-order valence-electron chi connectivity index (χ2n) is 10.6. The van der Waals surface area contributed by atoms with Crippen molar-refractivity contribution in [2.45, 2.75) is 42.2 Å². The molecule has 0 aliphatic carbocycles. The van der Waals surface area contributed by atoms with Crippen molar-refractivity contribution < 1.29 is 53.6 Å². The number of carbonyl (C=O) groups is 1. The lowest BCUT2D eigenvalue weighted by Crippen LogP contribution is -2.67. The number of methoxy groups -OCH3 is 2. The Hall–Kier alpha value is -4.29. The van der Waals surface area contributed by atoms with Gasteiger partial charge in [-0.05, 0) is 35.4 Å². The molecule has 7 rings (SSSR count). The van der Waals surface area contributed by atoms with E-state index in [1.54, 1.807) is 26.4 Å².